The first-order valence-corrected chi connectivity index (χ1v) is 8.18. The second-order valence-electron chi connectivity index (χ2n) is 5.24. The van der Waals surface area contributed by atoms with Crippen LogP contribution in [-0.4, -0.2) is 26.7 Å². The van der Waals surface area contributed by atoms with Gasteiger partial charge in [-0.05, 0) is 24.0 Å². The van der Waals surface area contributed by atoms with E-state index in [1.165, 1.54) is 12.1 Å². The van der Waals surface area contributed by atoms with Gasteiger partial charge in [-0.15, -0.1) is 0 Å². The molecule has 1 aromatic carbocycles. The molecule has 4 N–H and O–H groups in total. The second-order valence-corrected chi connectivity index (χ2v) is 7.76. The maximum absolute atomic E-state index is 12.2. The molecule has 0 aliphatic rings. The molecule has 0 aliphatic carbocycles. The highest BCUT2D eigenvalue weighted by Crippen LogP contribution is 2.33. The van der Waals surface area contributed by atoms with E-state index in [0.717, 1.165) is 0 Å². The minimum atomic E-state index is -3.78. The number of sulfonamides is 1. The molecule has 0 bridgehead atoms. The molecular weight excluding hydrogens is 323 g/mol. The van der Waals surface area contributed by atoms with Crippen LogP contribution in [0.25, 0.3) is 0 Å². The number of rotatable bonds is 6. The topological polar surface area (TPSA) is 92.4 Å². The van der Waals surface area contributed by atoms with Gasteiger partial charge in [0.15, 0.2) is 0 Å². The van der Waals surface area contributed by atoms with Crippen molar-refractivity contribution in [2.24, 2.45) is 5.41 Å². The monoisotopic (exact) mass is 340 g/mol. The Hall–Kier alpha value is -0.530. The van der Waals surface area contributed by atoms with Crippen molar-refractivity contribution in [3.63, 3.8) is 0 Å². The van der Waals surface area contributed by atoms with Crippen molar-refractivity contribution < 1.29 is 13.5 Å². The summed E-state index contributed by atoms with van der Waals surface area (Å²) < 4.78 is 26.9. The molecular formula is C12H18Cl2N2O3S. The van der Waals surface area contributed by atoms with E-state index in [-0.39, 0.29) is 39.2 Å². The van der Waals surface area contributed by atoms with Crippen molar-refractivity contribution in [3.05, 3.63) is 22.2 Å². The molecule has 114 valence electrons. The van der Waals surface area contributed by atoms with Gasteiger partial charge < -0.3 is 10.8 Å². The zero-order valence-corrected chi connectivity index (χ0v) is 13.6. The first-order valence-electron chi connectivity index (χ1n) is 5.95. The number of aliphatic hydroxyl groups is 1. The molecule has 0 spiro atoms. The Morgan fingerprint density at radius 2 is 1.95 bits per heavy atom. The van der Waals surface area contributed by atoms with Gasteiger partial charge >= 0.3 is 0 Å². The maximum atomic E-state index is 12.2. The van der Waals surface area contributed by atoms with E-state index < -0.39 is 10.0 Å². The summed E-state index contributed by atoms with van der Waals surface area (Å²) in [6, 6.07) is 2.69. The van der Waals surface area contributed by atoms with Gasteiger partial charge in [0.2, 0.25) is 10.0 Å². The number of hydrogen-bond donors (Lipinski definition) is 3. The van der Waals surface area contributed by atoms with Gasteiger partial charge in [0.1, 0.15) is 4.90 Å². The lowest BCUT2D eigenvalue weighted by atomic mass is 9.90. The smallest absolute Gasteiger partial charge is 0.242 e. The number of aliphatic hydroxyl groups excluding tert-OH is 1. The van der Waals surface area contributed by atoms with Crippen LogP contribution in [0, 0.1) is 5.41 Å². The number of nitrogens with one attached hydrogen (secondary N) is 1. The van der Waals surface area contributed by atoms with Crippen molar-refractivity contribution in [2.75, 3.05) is 18.9 Å². The van der Waals surface area contributed by atoms with Crippen LogP contribution >= 0.6 is 23.2 Å². The van der Waals surface area contributed by atoms with Gasteiger partial charge in [-0.3, -0.25) is 0 Å². The Morgan fingerprint density at radius 1 is 1.35 bits per heavy atom. The molecule has 0 radical (unpaired) electrons. The van der Waals surface area contributed by atoms with Crippen LogP contribution in [0.15, 0.2) is 17.0 Å². The fourth-order valence-corrected chi connectivity index (χ4v) is 3.52. The molecule has 0 amide bonds. The molecule has 20 heavy (non-hydrogen) atoms. The zero-order chi connectivity index (χ0) is 15.6. The SMILES string of the molecule is CC(C)(CCO)CNS(=O)(=O)c1ccc(Cl)c(N)c1Cl. The lowest BCUT2D eigenvalue weighted by molar-refractivity contribution is 0.213. The predicted octanol–water partition coefficient (Wildman–Crippen LogP) is 2.26. The van der Waals surface area contributed by atoms with E-state index in [9.17, 15) is 8.42 Å². The van der Waals surface area contributed by atoms with Crippen LogP contribution in [0.4, 0.5) is 5.69 Å². The maximum Gasteiger partial charge on any atom is 0.242 e. The highest BCUT2D eigenvalue weighted by Gasteiger charge is 2.24. The van der Waals surface area contributed by atoms with Gasteiger partial charge in [0.25, 0.3) is 0 Å². The third kappa shape index (κ3) is 4.23. The third-order valence-electron chi connectivity index (χ3n) is 2.91. The Kier molecular flexibility index (Phi) is 5.69. The summed E-state index contributed by atoms with van der Waals surface area (Å²) in [5, 5.41) is 9.04. The van der Waals surface area contributed by atoms with E-state index in [0.29, 0.717) is 6.42 Å². The number of halogens is 2. The summed E-state index contributed by atoms with van der Waals surface area (Å²) in [5.74, 6) is 0. The number of nitrogens with two attached hydrogens (primary N) is 1. The van der Waals surface area contributed by atoms with Gasteiger partial charge in [-0.2, -0.15) is 0 Å². The largest absolute Gasteiger partial charge is 0.396 e. The van der Waals surface area contributed by atoms with E-state index in [1.54, 1.807) is 0 Å². The molecule has 1 rings (SSSR count). The Balaban J connectivity index is 2.99. The van der Waals surface area contributed by atoms with E-state index in [2.05, 4.69) is 4.72 Å². The Morgan fingerprint density at radius 3 is 2.50 bits per heavy atom. The Bertz CT molecular complexity index is 589. The molecule has 0 fully saturated rings. The molecule has 5 nitrogen and oxygen atoms in total. The van der Waals surface area contributed by atoms with Gasteiger partial charge in [-0.1, -0.05) is 37.0 Å². The lowest BCUT2D eigenvalue weighted by Crippen LogP contribution is -2.34. The first-order chi connectivity index (χ1) is 9.10. The molecule has 0 saturated carbocycles. The van der Waals surface area contributed by atoms with Crippen LogP contribution in [0.1, 0.15) is 20.3 Å². The van der Waals surface area contributed by atoms with Gasteiger partial charge in [-0.25, -0.2) is 13.1 Å². The molecule has 0 heterocycles. The minimum absolute atomic E-state index is 0.0105. The number of benzene rings is 1. The average Bonchev–Trinajstić information content (AvgIpc) is 2.34. The molecule has 0 unspecified atom stereocenters. The van der Waals surface area contributed by atoms with Crippen molar-refractivity contribution in [1.29, 1.82) is 0 Å². The number of hydrogen-bond acceptors (Lipinski definition) is 4. The predicted molar refractivity (Wildman–Crippen MR) is 81.5 cm³/mol. The van der Waals surface area contributed by atoms with Crippen LogP contribution < -0.4 is 10.5 Å². The van der Waals surface area contributed by atoms with Crippen LogP contribution in [0.5, 0.6) is 0 Å². The molecule has 0 saturated heterocycles. The van der Waals surface area contributed by atoms with Gasteiger partial charge in [0, 0.05) is 13.2 Å². The van der Waals surface area contributed by atoms with Crippen LogP contribution in [0.3, 0.4) is 0 Å². The zero-order valence-electron chi connectivity index (χ0n) is 11.3. The summed E-state index contributed by atoms with van der Waals surface area (Å²) in [5.41, 5.74) is 5.28. The quantitative estimate of drug-likeness (QED) is 0.692. The third-order valence-corrected chi connectivity index (χ3v) is 5.20. The summed E-state index contributed by atoms with van der Waals surface area (Å²) in [4.78, 5) is -0.110. The van der Waals surface area contributed by atoms with E-state index in [4.69, 9.17) is 34.0 Å². The van der Waals surface area contributed by atoms with Gasteiger partial charge in [0.05, 0.1) is 15.7 Å². The molecule has 1 aromatic rings. The van der Waals surface area contributed by atoms with Crippen molar-refractivity contribution in [2.45, 2.75) is 25.2 Å². The Labute approximate surface area is 129 Å². The minimum Gasteiger partial charge on any atom is -0.396 e. The summed E-state index contributed by atoms with van der Waals surface area (Å²) >= 11 is 11.7. The van der Waals surface area contributed by atoms with Crippen LogP contribution in [-0.2, 0) is 10.0 Å². The summed E-state index contributed by atoms with van der Waals surface area (Å²) in [6.07, 6.45) is 0.478. The fraction of sp³-hybridized carbons (Fsp3) is 0.500. The van der Waals surface area contributed by atoms with Crippen molar-refractivity contribution in [3.8, 4) is 0 Å². The molecule has 0 aromatic heterocycles. The van der Waals surface area contributed by atoms with E-state index >= 15 is 0 Å². The fourth-order valence-electron chi connectivity index (χ4n) is 1.52. The first kappa shape index (κ1) is 17.5. The normalized spacial score (nSPS) is 12.7. The summed E-state index contributed by atoms with van der Waals surface area (Å²) in [6.45, 7) is 3.87. The summed E-state index contributed by atoms with van der Waals surface area (Å²) in [7, 11) is -3.78. The lowest BCUT2D eigenvalue weighted by Gasteiger charge is -2.24. The molecule has 0 aliphatic heterocycles. The van der Waals surface area contributed by atoms with E-state index in [1.807, 2.05) is 13.8 Å². The molecule has 8 heteroatoms. The second kappa shape index (κ2) is 6.49. The standard InChI is InChI=1S/C12H18Cl2N2O3S/c1-12(2,5-6-17)7-16-20(18,19)9-4-3-8(13)11(15)10(9)14/h3-4,16-17H,5-7,15H2,1-2H3. The highest BCUT2D eigenvalue weighted by atomic mass is 35.5. The number of anilines is 1. The van der Waals surface area contributed by atoms with Crippen molar-refractivity contribution in [1.82, 2.24) is 4.72 Å². The highest BCUT2D eigenvalue weighted by molar-refractivity contribution is 7.89. The van der Waals surface area contributed by atoms with Crippen LogP contribution in [0.2, 0.25) is 10.0 Å². The number of nitrogen functional groups attached to an aromatic ring is 1. The average molecular weight is 341 g/mol. The molecule has 0 atom stereocenters. The van der Waals surface area contributed by atoms with Crippen molar-refractivity contribution >= 4 is 38.9 Å².